The number of amides is 1. The fourth-order valence-corrected chi connectivity index (χ4v) is 4.06. The summed E-state index contributed by atoms with van der Waals surface area (Å²) in [6.07, 6.45) is 3.46. The third-order valence-corrected chi connectivity index (χ3v) is 5.18. The van der Waals surface area contributed by atoms with Crippen molar-refractivity contribution in [3.63, 3.8) is 0 Å². The molecule has 2 aromatic heterocycles. The SMILES string of the molecule is Cc1cncnc1N1CC2CN(C(=O)c3cscn3)CC2C1. The van der Waals surface area contributed by atoms with Gasteiger partial charge in [0.2, 0.25) is 0 Å². The van der Waals surface area contributed by atoms with E-state index in [0.717, 1.165) is 37.6 Å². The van der Waals surface area contributed by atoms with Gasteiger partial charge in [0.1, 0.15) is 17.8 Å². The van der Waals surface area contributed by atoms with Gasteiger partial charge in [-0.1, -0.05) is 0 Å². The lowest BCUT2D eigenvalue weighted by Gasteiger charge is -2.23. The van der Waals surface area contributed by atoms with Gasteiger partial charge in [0.15, 0.2) is 0 Å². The Morgan fingerprint density at radius 3 is 2.64 bits per heavy atom. The molecule has 2 fully saturated rings. The van der Waals surface area contributed by atoms with Gasteiger partial charge in [0, 0.05) is 55.2 Å². The van der Waals surface area contributed by atoms with Crippen LogP contribution in [0, 0.1) is 18.8 Å². The Morgan fingerprint density at radius 2 is 2.00 bits per heavy atom. The van der Waals surface area contributed by atoms with Gasteiger partial charge in [-0.15, -0.1) is 11.3 Å². The van der Waals surface area contributed by atoms with Crippen LogP contribution in [0.1, 0.15) is 16.1 Å². The fraction of sp³-hybridized carbons (Fsp3) is 0.467. The molecule has 7 heteroatoms. The first-order valence-electron chi connectivity index (χ1n) is 7.41. The van der Waals surface area contributed by atoms with E-state index in [0.29, 0.717) is 17.5 Å². The zero-order valence-electron chi connectivity index (χ0n) is 12.3. The molecule has 0 radical (unpaired) electrons. The predicted octanol–water partition coefficient (Wildman–Crippen LogP) is 1.45. The van der Waals surface area contributed by atoms with Crippen molar-refractivity contribution < 1.29 is 4.79 Å². The lowest BCUT2D eigenvalue weighted by Crippen LogP contribution is -2.33. The number of aromatic nitrogens is 3. The van der Waals surface area contributed by atoms with Gasteiger partial charge < -0.3 is 9.80 Å². The topological polar surface area (TPSA) is 62.2 Å². The highest BCUT2D eigenvalue weighted by Gasteiger charge is 2.42. The number of thiazole rings is 1. The third kappa shape index (κ3) is 2.25. The van der Waals surface area contributed by atoms with E-state index in [1.165, 1.54) is 11.3 Å². The van der Waals surface area contributed by atoms with E-state index in [4.69, 9.17) is 0 Å². The highest BCUT2D eigenvalue weighted by Crippen LogP contribution is 2.34. The van der Waals surface area contributed by atoms with Gasteiger partial charge in [0.25, 0.3) is 5.91 Å². The molecule has 0 N–H and O–H groups in total. The number of aryl methyl sites for hydroxylation is 1. The summed E-state index contributed by atoms with van der Waals surface area (Å²) < 4.78 is 0. The molecule has 0 spiro atoms. The third-order valence-electron chi connectivity index (χ3n) is 4.59. The second kappa shape index (κ2) is 5.31. The standard InChI is InChI=1S/C15H17N5OS/c1-10-2-16-8-17-14(10)19-3-11-5-20(6-12(11)4-19)15(21)13-7-22-9-18-13/h2,7-9,11-12H,3-6H2,1H3. The molecule has 4 rings (SSSR count). The van der Waals surface area contributed by atoms with Gasteiger partial charge >= 0.3 is 0 Å². The summed E-state index contributed by atoms with van der Waals surface area (Å²) in [5.74, 6) is 2.15. The molecule has 114 valence electrons. The average molecular weight is 315 g/mol. The fourth-order valence-electron chi connectivity index (χ4n) is 3.54. The van der Waals surface area contributed by atoms with Gasteiger partial charge in [-0.2, -0.15) is 0 Å². The van der Waals surface area contributed by atoms with Crippen LogP contribution in [0.3, 0.4) is 0 Å². The van der Waals surface area contributed by atoms with Crippen molar-refractivity contribution in [2.45, 2.75) is 6.92 Å². The minimum Gasteiger partial charge on any atom is -0.356 e. The summed E-state index contributed by atoms with van der Waals surface area (Å²) in [6.45, 7) is 5.61. The van der Waals surface area contributed by atoms with Crippen LogP contribution >= 0.6 is 11.3 Å². The summed E-state index contributed by atoms with van der Waals surface area (Å²) in [6, 6.07) is 0. The van der Waals surface area contributed by atoms with Crippen LogP contribution in [-0.2, 0) is 0 Å². The minimum atomic E-state index is 0.0698. The molecule has 2 atom stereocenters. The second-order valence-electron chi connectivity index (χ2n) is 6.04. The summed E-state index contributed by atoms with van der Waals surface area (Å²) in [5.41, 5.74) is 3.40. The van der Waals surface area contributed by atoms with Crippen molar-refractivity contribution in [3.8, 4) is 0 Å². The Hall–Kier alpha value is -2.02. The van der Waals surface area contributed by atoms with Gasteiger partial charge in [-0.25, -0.2) is 15.0 Å². The van der Waals surface area contributed by atoms with Gasteiger partial charge in [-0.3, -0.25) is 4.79 Å². The Kier molecular flexibility index (Phi) is 3.29. The maximum atomic E-state index is 12.4. The molecule has 0 saturated carbocycles. The van der Waals surface area contributed by atoms with Crippen LogP contribution in [0.5, 0.6) is 0 Å². The van der Waals surface area contributed by atoms with Crippen LogP contribution < -0.4 is 4.90 Å². The molecule has 2 aliphatic rings. The quantitative estimate of drug-likeness (QED) is 0.839. The predicted molar refractivity (Wildman–Crippen MR) is 84.0 cm³/mol. The van der Waals surface area contributed by atoms with Crippen LogP contribution in [0.2, 0.25) is 0 Å². The van der Waals surface area contributed by atoms with Crippen LogP contribution in [0.25, 0.3) is 0 Å². The van der Waals surface area contributed by atoms with Crippen molar-refractivity contribution in [1.82, 2.24) is 19.9 Å². The Balaban J connectivity index is 1.45. The lowest BCUT2D eigenvalue weighted by molar-refractivity contribution is 0.0777. The molecule has 2 saturated heterocycles. The number of rotatable bonds is 2. The molecule has 0 aliphatic carbocycles. The summed E-state index contributed by atoms with van der Waals surface area (Å²) in [7, 11) is 0. The molecular formula is C15H17N5OS. The van der Waals surface area contributed by atoms with E-state index >= 15 is 0 Å². The zero-order valence-corrected chi connectivity index (χ0v) is 13.2. The van der Waals surface area contributed by atoms with E-state index in [-0.39, 0.29) is 5.91 Å². The molecule has 0 aromatic carbocycles. The molecule has 1 amide bonds. The minimum absolute atomic E-state index is 0.0698. The normalized spacial score (nSPS) is 23.9. The van der Waals surface area contributed by atoms with Crippen molar-refractivity contribution in [1.29, 1.82) is 0 Å². The molecule has 0 bridgehead atoms. The smallest absolute Gasteiger partial charge is 0.273 e. The number of carbonyl (C=O) groups excluding carboxylic acids is 1. The van der Waals surface area contributed by atoms with Crippen molar-refractivity contribution in [2.75, 3.05) is 31.1 Å². The largest absolute Gasteiger partial charge is 0.356 e. The average Bonchev–Trinajstić information content (AvgIpc) is 3.22. The maximum absolute atomic E-state index is 12.4. The van der Waals surface area contributed by atoms with Crippen molar-refractivity contribution in [2.24, 2.45) is 11.8 Å². The molecule has 2 aromatic rings. The number of anilines is 1. The van der Waals surface area contributed by atoms with E-state index in [9.17, 15) is 4.79 Å². The molecule has 6 nitrogen and oxygen atoms in total. The molecular weight excluding hydrogens is 298 g/mol. The van der Waals surface area contributed by atoms with Crippen LogP contribution in [-0.4, -0.2) is 51.9 Å². The van der Waals surface area contributed by atoms with Crippen LogP contribution in [0.15, 0.2) is 23.4 Å². The zero-order chi connectivity index (χ0) is 15.1. The van der Waals surface area contributed by atoms with Crippen molar-refractivity contribution in [3.05, 3.63) is 34.7 Å². The first-order chi connectivity index (χ1) is 10.7. The summed E-state index contributed by atoms with van der Waals surface area (Å²) in [5, 5.41) is 1.83. The summed E-state index contributed by atoms with van der Waals surface area (Å²) >= 11 is 1.47. The maximum Gasteiger partial charge on any atom is 0.273 e. The number of likely N-dealkylation sites (tertiary alicyclic amines) is 1. The van der Waals surface area contributed by atoms with E-state index in [1.54, 1.807) is 11.8 Å². The first kappa shape index (κ1) is 13.6. The second-order valence-corrected chi connectivity index (χ2v) is 6.76. The molecule has 2 aliphatic heterocycles. The first-order valence-corrected chi connectivity index (χ1v) is 8.35. The Labute approximate surface area is 132 Å². The van der Waals surface area contributed by atoms with Crippen molar-refractivity contribution >= 4 is 23.1 Å². The Bertz CT molecular complexity index is 675. The highest BCUT2D eigenvalue weighted by molar-refractivity contribution is 7.07. The summed E-state index contributed by atoms with van der Waals surface area (Å²) in [4.78, 5) is 29.3. The van der Waals surface area contributed by atoms with E-state index in [2.05, 4.69) is 19.9 Å². The number of hydrogen-bond acceptors (Lipinski definition) is 6. The van der Waals surface area contributed by atoms with E-state index < -0.39 is 0 Å². The molecule has 2 unspecified atom stereocenters. The van der Waals surface area contributed by atoms with Crippen LogP contribution in [0.4, 0.5) is 5.82 Å². The monoisotopic (exact) mass is 315 g/mol. The molecule has 22 heavy (non-hydrogen) atoms. The number of carbonyl (C=O) groups is 1. The van der Waals surface area contributed by atoms with Gasteiger partial charge in [0.05, 0.1) is 5.51 Å². The Morgan fingerprint density at radius 1 is 1.23 bits per heavy atom. The molecule has 4 heterocycles. The number of nitrogens with zero attached hydrogens (tertiary/aromatic N) is 5. The van der Waals surface area contributed by atoms with Gasteiger partial charge in [-0.05, 0) is 6.92 Å². The van der Waals surface area contributed by atoms with E-state index in [1.807, 2.05) is 23.4 Å². The number of fused-ring (bicyclic) bond motifs is 1. The number of hydrogen-bond donors (Lipinski definition) is 0. The highest BCUT2D eigenvalue weighted by atomic mass is 32.1. The lowest BCUT2D eigenvalue weighted by atomic mass is 10.0.